The molecule has 1 atom stereocenters. The lowest BCUT2D eigenvalue weighted by Gasteiger charge is -2.20. The van der Waals surface area contributed by atoms with Gasteiger partial charge in [-0.2, -0.15) is 0 Å². The molecule has 0 aliphatic carbocycles. The van der Waals surface area contributed by atoms with Crippen molar-refractivity contribution in [3.05, 3.63) is 42.4 Å². The molecule has 0 spiro atoms. The van der Waals surface area contributed by atoms with Crippen LogP contribution in [0.3, 0.4) is 0 Å². The van der Waals surface area contributed by atoms with Crippen molar-refractivity contribution in [3.63, 3.8) is 0 Å². The fourth-order valence-electron chi connectivity index (χ4n) is 2.44. The van der Waals surface area contributed by atoms with Gasteiger partial charge in [-0.25, -0.2) is 4.98 Å². The number of aromatic nitrogens is 2. The summed E-state index contributed by atoms with van der Waals surface area (Å²) in [5.41, 5.74) is 2.33. The maximum Gasteiger partial charge on any atom is 0.109 e. The summed E-state index contributed by atoms with van der Waals surface area (Å²) in [4.78, 5) is 4.73. The van der Waals surface area contributed by atoms with Crippen LogP contribution in [0, 0.1) is 0 Å². The third kappa shape index (κ3) is 1.54. The summed E-state index contributed by atoms with van der Waals surface area (Å²) in [6, 6.07) is 11.0. The van der Waals surface area contributed by atoms with Crippen molar-refractivity contribution >= 4 is 0 Å². The van der Waals surface area contributed by atoms with Crippen molar-refractivity contribution in [1.82, 2.24) is 9.55 Å². The molecular formula is C14H16N2. The molecule has 1 aromatic carbocycles. The number of rotatable bonds is 1. The third-order valence-electron chi connectivity index (χ3n) is 3.38. The number of aryl methyl sites for hydroxylation is 1. The number of imidazole rings is 1. The van der Waals surface area contributed by atoms with Crippen molar-refractivity contribution < 1.29 is 0 Å². The molecule has 0 fully saturated rings. The second-order valence-electron chi connectivity index (χ2n) is 4.56. The first-order valence-electron chi connectivity index (χ1n) is 5.98. The highest BCUT2D eigenvalue weighted by Gasteiger charge is 2.18. The Morgan fingerprint density at radius 2 is 2.06 bits per heavy atom. The minimum atomic E-state index is 0.605. The highest BCUT2D eigenvalue weighted by atomic mass is 15.1. The molecule has 2 nitrogen and oxygen atoms in total. The topological polar surface area (TPSA) is 17.8 Å². The number of hydrogen-bond donors (Lipinski definition) is 0. The van der Waals surface area contributed by atoms with Crippen LogP contribution in [0.2, 0.25) is 0 Å². The quantitative estimate of drug-likeness (QED) is 0.708. The van der Waals surface area contributed by atoms with Crippen LogP contribution >= 0.6 is 0 Å². The lowest BCUT2D eigenvalue weighted by Crippen LogP contribution is -2.14. The Labute approximate surface area is 95.9 Å². The lowest BCUT2D eigenvalue weighted by atomic mass is 10.1. The summed E-state index contributed by atoms with van der Waals surface area (Å²) in [6.07, 6.45) is 5.87. The molecule has 0 N–H and O–H groups in total. The summed E-state index contributed by atoms with van der Waals surface area (Å²) in [6.45, 7) is 2.28. The van der Waals surface area contributed by atoms with E-state index in [9.17, 15) is 0 Å². The van der Waals surface area contributed by atoms with Gasteiger partial charge in [0.15, 0.2) is 0 Å². The Bertz CT molecular complexity index is 485. The van der Waals surface area contributed by atoms with Gasteiger partial charge in [0.2, 0.25) is 0 Å². The number of nitrogens with zero attached hydrogens (tertiary/aromatic N) is 2. The minimum absolute atomic E-state index is 0.605. The zero-order valence-corrected chi connectivity index (χ0v) is 9.56. The maximum atomic E-state index is 4.73. The van der Waals surface area contributed by atoms with Crippen molar-refractivity contribution in [2.75, 3.05) is 0 Å². The molecule has 2 aromatic rings. The van der Waals surface area contributed by atoms with Crippen LogP contribution in [-0.2, 0) is 6.42 Å². The summed E-state index contributed by atoms with van der Waals surface area (Å²) in [5, 5.41) is 0. The van der Waals surface area contributed by atoms with E-state index in [0.717, 1.165) is 12.1 Å². The minimum Gasteiger partial charge on any atom is -0.331 e. The van der Waals surface area contributed by atoms with E-state index < -0.39 is 0 Å². The predicted octanol–water partition coefficient (Wildman–Crippen LogP) is 3.45. The van der Waals surface area contributed by atoms with Crippen LogP contribution in [0.5, 0.6) is 0 Å². The Morgan fingerprint density at radius 3 is 2.81 bits per heavy atom. The molecule has 2 heteroatoms. The van der Waals surface area contributed by atoms with Crippen molar-refractivity contribution in [2.24, 2.45) is 0 Å². The summed E-state index contributed by atoms with van der Waals surface area (Å²) in [7, 11) is 0. The van der Waals surface area contributed by atoms with Crippen molar-refractivity contribution in [1.29, 1.82) is 0 Å². The second-order valence-corrected chi connectivity index (χ2v) is 4.56. The Balaban J connectivity index is 2.05. The van der Waals surface area contributed by atoms with E-state index in [-0.39, 0.29) is 0 Å². The molecule has 1 aliphatic rings. The standard InChI is InChI=1S/C14H16N2/c1-11-6-5-9-14-15-13(10-16(11)14)12-7-3-2-4-8-12/h2-4,7-8,10-11H,5-6,9H2,1H3/t11-/m0/s1. The number of hydrogen-bond acceptors (Lipinski definition) is 1. The number of benzene rings is 1. The van der Waals surface area contributed by atoms with Gasteiger partial charge in [0, 0.05) is 24.2 Å². The first-order chi connectivity index (χ1) is 7.84. The van der Waals surface area contributed by atoms with Gasteiger partial charge >= 0.3 is 0 Å². The molecule has 1 aromatic heterocycles. The Hall–Kier alpha value is -1.57. The van der Waals surface area contributed by atoms with Crippen LogP contribution in [-0.4, -0.2) is 9.55 Å². The van der Waals surface area contributed by atoms with E-state index in [1.165, 1.54) is 24.2 Å². The van der Waals surface area contributed by atoms with E-state index in [4.69, 9.17) is 4.98 Å². The summed E-state index contributed by atoms with van der Waals surface area (Å²) < 4.78 is 2.34. The van der Waals surface area contributed by atoms with Crippen molar-refractivity contribution in [2.45, 2.75) is 32.2 Å². The fourth-order valence-corrected chi connectivity index (χ4v) is 2.44. The monoisotopic (exact) mass is 212 g/mol. The van der Waals surface area contributed by atoms with Crippen LogP contribution in [0.4, 0.5) is 0 Å². The Kier molecular flexibility index (Phi) is 2.28. The molecule has 82 valence electrons. The van der Waals surface area contributed by atoms with E-state index in [1.807, 2.05) is 6.07 Å². The highest BCUT2D eigenvalue weighted by molar-refractivity contribution is 5.58. The molecule has 2 heterocycles. The van der Waals surface area contributed by atoms with Gasteiger partial charge in [0.25, 0.3) is 0 Å². The normalized spacial score (nSPS) is 19.4. The van der Waals surface area contributed by atoms with Gasteiger partial charge in [0.1, 0.15) is 5.82 Å². The SMILES string of the molecule is C[C@H]1CCCc2nc(-c3ccccc3)cn21. The average Bonchev–Trinajstić information content (AvgIpc) is 2.76. The molecule has 0 bridgehead atoms. The summed E-state index contributed by atoms with van der Waals surface area (Å²) in [5.74, 6) is 1.25. The zero-order valence-electron chi connectivity index (χ0n) is 9.56. The number of fused-ring (bicyclic) bond motifs is 1. The first-order valence-corrected chi connectivity index (χ1v) is 5.98. The molecule has 3 rings (SSSR count). The second kappa shape index (κ2) is 3.78. The largest absolute Gasteiger partial charge is 0.331 e. The first kappa shape index (κ1) is 9.64. The zero-order chi connectivity index (χ0) is 11.0. The molecule has 16 heavy (non-hydrogen) atoms. The molecular weight excluding hydrogens is 196 g/mol. The van der Waals surface area contributed by atoms with E-state index in [2.05, 4.69) is 42.0 Å². The molecule has 0 amide bonds. The average molecular weight is 212 g/mol. The molecule has 1 aliphatic heterocycles. The third-order valence-corrected chi connectivity index (χ3v) is 3.38. The smallest absolute Gasteiger partial charge is 0.109 e. The molecule has 0 radical (unpaired) electrons. The molecule has 0 saturated carbocycles. The van der Waals surface area contributed by atoms with Gasteiger partial charge < -0.3 is 4.57 Å². The van der Waals surface area contributed by atoms with E-state index in [1.54, 1.807) is 0 Å². The van der Waals surface area contributed by atoms with Gasteiger partial charge in [-0.3, -0.25) is 0 Å². The van der Waals surface area contributed by atoms with Gasteiger partial charge in [0.05, 0.1) is 5.69 Å². The van der Waals surface area contributed by atoms with E-state index in [0.29, 0.717) is 6.04 Å². The van der Waals surface area contributed by atoms with Crippen LogP contribution in [0.1, 0.15) is 31.6 Å². The lowest BCUT2D eigenvalue weighted by molar-refractivity contribution is 0.426. The highest BCUT2D eigenvalue weighted by Crippen LogP contribution is 2.27. The van der Waals surface area contributed by atoms with Crippen LogP contribution < -0.4 is 0 Å². The van der Waals surface area contributed by atoms with Gasteiger partial charge in [-0.1, -0.05) is 30.3 Å². The van der Waals surface area contributed by atoms with Crippen molar-refractivity contribution in [3.8, 4) is 11.3 Å². The van der Waals surface area contributed by atoms with E-state index >= 15 is 0 Å². The summed E-state index contributed by atoms with van der Waals surface area (Å²) >= 11 is 0. The molecule has 0 saturated heterocycles. The van der Waals surface area contributed by atoms with Crippen LogP contribution in [0.15, 0.2) is 36.5 Å². The Morgan fingerprint density at radius 1 is 1.25 bits per heavy atom. The molecule has 0 unspecified atom stereocenters. The maximum absolute atomic E-state index is 4.73. The van der Waals surface area contributed by atoms with Crippen LogP contribution in [0.25, 0.3) is 11.3 Å². The van der Waals surface area contributed by atoms with Gasteiger partial charge in [-0.05, 0) is 19.8 Å². The fraction of sp³-hybridized carbons (Fsp3) is 0.357. The predicted molar refractivity (Wildman–Crippen MR) is 65.3 cm³/mol. The van der Waals surface area contributed by atoms with Gasteiger partial charge in [-0.15, -0.1) is 0 Å².